The molecule has 0 aromatic carbocycles. The third kappa shape index (κ3) is 1.06. The van der Waals surface area contributed by atoms with Crippen LogP contribution in [0.3, 0.4) is 0 Å². The molecule has 1 aromatic rings. The fourth-order valence-electron chi connectivity index (χ4n) is 1.16. The van der Waals surface area contributed by atoms with Gasteiger partial charge < -0.3 is 0 Å². The summed E-state index contributed by atoms with van der Waals surface area (Å²) in [7, 11) is 0. The van der Waals surface area contributed by atoms with E-state index in [0.29, 0.717) is 5.41 Å². The molecule has 10 heavy (non-hydrogen) atoms. The van der Waals surface area contributed by atoms with Crippen LogP contribution in [0.2, 0.25) is 0 Å². The summed E-state index contributed by atoms with van der Waals surface area (Å²) in [6.07, 6.45) is 6.61. The van der Waals surface area contributed by atoms with Crippen LogP contribution in [0.5, 0.6) is 0 Å². The summed E-state index contributed by atoms with van der Waals surface area (Å²) in [6.45, 7) is 3.41. The molecular formula is C8H12N2. The molecule has 0 saturated heterocycles. The van der Waals surface area contributed by atoms with Crippen LogP contribution in [0.1, 0.15) is 19.8 Å². The van der Waals surface area contributed by atoms with E-state index in [9.17, 15) is 0 Å². The monoisotopic (exact) mass is 136 g/mol. The van der Waals surface area contributed by atoms with Gasteiger partial charge in [-0.15, -0.1) is 0 Å². The SMILES string of the molecule is CC1(Cn2cccn2)CC1. The molecule has 0 radical (unpaired) electrons. The van der Waals surface area contributed by atoms with Crippen LogP contribution in [0.25, 0.3) is 0 Å². The number of rotatable bonds is 2. The van der Waals surface area contributed by atoms with Gasteiger partial charge in [0, 0.05) is 18.9 Å². The third-order valence-electron chi connectivity index (χ3n) is 2.21. The van der Waals surface area contributed by atoms with Crippen LogP contribution < -0.4 is 0 Å². The Morgan fingerprint density at radius 3 is 2.90 bits per heavy atom. The summed E-state index contributed by atoms with van der Waals surface area (Å²) in [5.41, 5.74) is 0.575. The Hall–Kier alpha value is -0.790. The summed E-state index contributed by atoms with van der Waals surface area (Å²) in [4.78, 5) is 0. The molecule has 0 N–H and O–H groups in total. The average molecular weight is 136 g/mol. The Labute approximate surface area is 60.9 Å². The molecule has 2 heteroatoms. The second-order valence-corrected chi connectivity index (χ2v) is 3.51. The van der Waals surface area contributed by atoms with Crippen LogP contribution in [0.15, 0.2) is 18.5 Å². The number of nitrogens with zero attached hydrogens (tertiary/aromatic N) is 2. The minimum Gasteiger partial charge on any atom is -0.272 e. The van der Waals surface area contributed by atoms with Crippen molar-refractivity contribution in [2.75, 3.05) is 0 Å². The van der Waals surface area contributed by atoms with Gasteiger partial charge in [-0.2, -0.15) is 5.10 Å². The van der Waals surface area contributed by atoms with E-state index in [-0.39, 0.29) is 0 Å². The second-order valence-electron chi connectivity index (χ2n) is 3.51. The molecule has 1 fully saturated rings. The lowest BCUT2D eigenvalue weighted by atomic mass is 10.1. The van der Waals surface area contributed by atoms with Gasteiger partial charge in [0.05, 0.1) is 0 Å². The highest BCUT2D eigenvalue weighted by Crippen LogP contribution is 2.46. The van der Waals surface area contributed by atoms with Crippen molar-refractivity contribution < 1.29 is 0 Å². The Bertz CT molecular complexity index is 209. The molecular weight excluding hydrogens is 124 g/mol. The lowest BCUT2D eigenvalue weighted by Gasteiger charge is -2.06. The highest BCUT2D eigenvalue weighted by molar-refractivity contribution is 4.90. The molecule has 1 aromatic heterocycles. The van der Waals surface area contributed by atoms with Crippen molar-refractivity contribution >= 4 is 0 Å². The summed E-state index contributed by atoms with van der Waals surface area (Å²) in [6, 6.07) is 1.98. The van der Waals surface area contributed by atoms with Crippen LogP contribution >= 0.6 is 0 Å². The van der Waals surface area contributed by atoms with Crippen molar-refractivity contribution in [3.05, 3.63) is 18.5 Å². The van der Waals surface area contributed by atoms with Gasteiger partial charge in [-0.3, -0.25) is 4.68 Å². The minimum absolute atomic E-state index is 0.575. The van der Waals surface area contributed by atoms with Crippen molar-refractivity contribution in [2.24, 2.45) is 5.41 Å². The quantitative estimate of drug-likeness (QED) is 0.605. The summed E-state index contributed by atoms with van der Waals surface area (Å²) < 4.78 is 2.02. The van der Waals surface area contributed by atoms with Gasteiger partial charge in [0.2, 0.25) is 0 Å². The predicted molar refractivity (Wildman–Crippen MR) is 39.6 cm³/mol. The van der Waals surface area contributed by atoms with Crippen LogP contribution in [0, 0.1) is 5.41 Å². The van der Waals surface area contributed by atoms with Crippen molar-refractivity contribution in [2.45, 2.75) is 26.3 Å². The maximum atomic E-state index is 4.16. The highest BCUT2D eigenvalue weighted by Gasteiger charge is 2.37. The first kappa shape index (κ1) is 5.96. The number of hydrogen-bond acceptors (Lipinski definition) is 1. The van der Waals surface area contributed by atoms with E-state index in [1.54, 1.807) is 0 Å². The maximum absolute atomic E-state index is 4.16. The van der Waals surface area contributed by atoms with Gasteiger partial charge in [-0.1, -0.05) is 6.92 Å². The predicted octanol–water partition coefficient (Wildman–Crippen LogP) is 1.68. The lowest BCUT2D eigenvalue weighted by molar-refractivity contribution is 0.432. The van der Waals surface area contributed by atoms with E-state index >= 15 is 0 Å². The zero-order valence-corrected chi connectivity index (χ0v) is 6.25. The molecule has 0 spiro atoms. The molecule has 2 nitrogen and oxygen atoms in total. The van der Waals surface area contributed by atoms with Gasteiger partial charge in [0.15, 0.2) is 0 Å². The molecule has 0 unspecified atom stereocenters. The van der Waals surface area contributed by atoms with Crippen molar-refractivity contribution in [1.29, 1.82) is 0 Å². The lowest BCUT2D eigenvalue weighted by Crippen LogP contribution is -2.07. The molecule has 1 saturated carbocycles. The summed E-state index contributed by atoms with van der Waals surface area (Å²) >= 11 is 0. The number of hydrogen-bond donors (Lipinski definition) is 0. The van der Waals surface area contributed by atoms with Crippen LogP contribution in [-0.2, 0) is 6.54 Å². The van der Waals surface area contributed by atoms with E-state index in [4.69, 9.17) is 0 Å². The Morgan fingerprint density at radius 2 is 2.40 bits per heavy atom. The van der Waals surface area contributed by atoms with E-state index in [0.717, 1.165) is 6.54 Å². The summed E-state index contributed by atoms with van der Waals surface area (Å²) in [5.74, 6) is 0. The maximum Gasteiger partial charge on any atom is 0.0489 e. The molecule has 0 amide bonds. The molecule has 1 aliphatic rings. The smallest absolute Gasteiger partial charge is 0.0489 e. The third-order valence-corrected chi connectivity index (χ3v) is 2.21. The Kier molecular flexibility index (Phi) is 1.10. The number of aromatic nitrogens is 2. The topological polar surface area (TPSA) is 17.8 Å². The van der Waals surface area contributed by atoms with Gasteiger partial charge in [0.25, 0.3) is 0 Å². The van der Waals surface area contributed by atoms with E-state index in [2.05, 4.69) is 12.0 Å². The molecule has 2 rings (SSSR count). The molecule has 54 valence electrons. The average Bonchev–Trinajstić information content (AvgIpc) is 2.47. The first-order valence-corrected chi connectivity index (χ1v) is 3.76. The zero-order chi connectivity index (χ0) is 7.03. The van der Waals surface area contributed by atoms with E-state index < -0.39 is 0 Å². The van der Waals surface area contributed by atoms with Crippen LogP contribution in [0.4, 0.5) is 0 Å². The molecule has 0 aliphatic heterocycles. The zero-order valence-electron chi connectivity index (χ0n) is 6.25. The van der Waals surface area contributed by atoms with Gasteiger partial charge in [-0.25, -0.2) is 0 Å². The standard InChI is InChI=1S/C8H12N2/c1-8(3-4-8)7-10-6-2-5-9-10/h2,5-6H,3-4,7H2,1H3. The normalized spacial score (nSPS) is 20.9. The summed E-state index contributed by atoms with van der Waals surface area (Å²) in [5, 5.41) is 4.16. The molecule has 1 heterocycles. The molecule has 1 aliphatic carbocycles. The second kappa shape index (κ2) is 1.84. The highest BCUT2D eigenvalue weighted by atomic mass is 15.3. The van der Waals surface area contributed by atoms with Crippen molar-refractivity contribution in [3.63, 3.8) is 0 Å². The van der Waals surface area contributed by atoms with E-state index in [1.807, 2.05) is 23.1 Å². The Balaban J connectivity index is 2.04. The fourth-order valence-corrected chi connectivity index (χ4v) is 1.16. The largest absolute Gasteiger partial charge is 0.272 e. The molecule has 0 bridgehead atoms. The van der Waals surface area contributed by atoms with Crippen LogP contribution in [-0.4, -0.2) is 9.78 Å². The van der Waals surface area contributed by atoms with Gasteiger partial charge in [-0.05, 0) is 24.3 Å². The Morgan fingerprint density at radius 1 is 1.60 bits per heavy atom. The van der Waals surface area contributed by atoms with Crippen molar-refractivity contribution in [3.8, 4) is 0 Å². The minimum atomic E-state index is 0.575. The first-order valence-electron chi connectivity index (χ1n) is 3.76. The van der Waals surface area contributed by atoms with Gasteiger partial charge in [0.1, 0.15) is 0 Å². The van der Waals surface area contributed by atoms with Gasteiger partial charge >= 0.3 is 0 Å². The first-order chi connectivity index (χ1) is 4.79. The van der Waals surface area contributed by atoms with Crippen molar-refractivity contribution in [1.82, 2.24) is 9.78 Å². The fraction of sp³-hybridized carbons (Fsp3) is 0.625. The molecule has 0 atom stereocenters. The van der Waals surface area contributed by atoms with E-state index in [1.165, 1.54) is 12.8 Å².